The maximum Gasteiger partial charge on any atom is 0.367 e. The van der Waals surface area contributed by atoms with E-state index in [9.17, 15) is 9.59 Å². The van der Waals surface area contributed by atoms with E-state index < -0.39 is 12.0 Å². The van der Waals surface area contributed by atoms with Crippen molar-refractivity contribution in [2.24, 2.45) is 9.98 Å². The lowest BCUT2D eigenvalue weighted by Gasteiger charge is -2.01. The highest BCUT2D eigenvalue weighted by molar-refractivity contribution is 6.62. The van der Waals surface area contributed by atoms with Crippen LogP contribution in [-0.2, 0) is 9.53 Å². The zero-order chi connectivity index (χ0) is 11.1. The van der Waals surface area contributed by atoms with E-state index in [4.69, 9.17) is 4.74 Å². The number of hydrogen-bond donors (Lipinski definition) is 0. The molecule has 0 atom stereocenters. The molecule has 0 spiro atoms. The smallest absolute Gasteiger partial charge is 0.367 e. The molecule has 82 valence electrons. The van der Waals surface area contributed by atoms with Crippen molar-refractivity contribution in [3.63, 3.8) is 0 Å². The second kappa shape index (κ2) is 6.06. The van der Waals surface area contributed by atoms with E-state index in [1.165, 1.54) is 0 Å². The predicted molar refractivity (Wildman–Crippen MR) is 56.4 cm³/mol. The summed E-state index contributed by atoms with van der Waals surface area (Å²) in [7, 11) is 0. The summed E-state index contributed by atoms with van der Waals surface area (Å²) in [5.74, 6) is -0.568. The minimum absolute atomic E-state index is 0.00417. The fourth-order valence-electron chi connectivity index (χ4n) is 1.14. The molecule has 5 heteroatoms. The van der Waals surface area contributed by atoms with E-state index >= 15 is 0 Å². The number of hydrogen-bond acceptors (Lipinski definition) is 3. The van der Waals surface area contributed by atoms with Gasteiger partial charge < -0.3 is 4.74 Å². The third-order valence-corrected chi connectivity index (χ3v) is 1.95. The summed E-state index contributed by atoms with van der Waals surface area (Å²) in [5, 5.41) is 0. The molecule has 0 saturated heterocycles. The van der Waals surface area contributed by atoms with E-state index in [1.54, 1.807) is 0 Å². The molecule has 1 aliphatic rings. The van der Waals surface area contributed by atoms with Gasteiger partial charge in [0.25, 0.3) is 0 Å². The third kappa shape index (κ3) is 4.01. The topological polar surface area (TPSA) is 68.1 Å². The molecule has 5 nitrogen and oxygen atoms in total. The van der Waals surface area contributed by atoms with E-state index in [1.807, 2.05) is 0 Å². The maximum absolute atomic E-state index is 11.2. The highest BCUT2D eigenvalue weighted by Gasteiger charge is 2.17. The molecule has 2 amide bonds. The van der Waals surface area contributed by atoms with Crippen LogP contribution in [0.15, 0.2) is 9.98 Å². The first-order chi connectivity index (χ1) is 7.24. The Morgan fingerprint density at radius 1 is 1.40 bits per heavy atom. The lowest BCUT2D eigenvalue weighted by atomic mass is 10.2. The van der Waals surface area contributed by atoms with Crippen molar-refractivity contribution in [3.8, 4) is 0 Å². The molecular weight excluding hydrogens is 196 g/mol. The van der Waals surface area contributed by atoms with E-state index in [0.29, 0.717) is 6.61 Å². The van der Waals surface area contributed by atoms with Crippen LogP contribution >= 0.6 is 0 Å². The highest BCUT2D eigenvalue weighted by atomic mass is 16.5. The van der Waals surface area contributed by atoms with Crippen LogP contribution in [0.4, 0.5) is 4.79 Å². The van der Waals surface area contributed by atoms with Crippen molar-refractivity contribution >= 4 is 23.9 Å². The van der Waals surface area contributed by atoms with E-state index in [-0.39, 0.29) is 5.71 Å². The molecule has 0 aromatic rings. The van der Waals surface area contributed by atoms with Gasteiger partial charge >= 0.3 is 12.0 Å². The number of aliphatic imine (C=N–C) groups is 2. The minimum atomic E-state index is -0.645. The summed E-state index contributed by atoms with van der Waals surface area (Å²) in [6.45, 7) is 2.49. The molecule has 1 aliphatic heterocycles. The molecule has 0 saturated carbocycles. The van der Waals surface area contributed by atoms with Gasteiger partial charge in [0, 0.05) is 0 Å². The van der Waals surface area contributed by atoms with Crippen LogP contribution in [0.2, 0.25) is 0 Å². The standard InChI is InChI=1S/C10H14N2O3/c1-2-3-4-5-6-15-9(13)8-7-11-10(14)12-8/h7H,2-6H2,1H3. The Kier molecular flexibility index (Phi) is 4.66. The van der Waals surface area contributed by atoms with Crippen molar-refractivity contribution in [1.82, 2.24) is 0 Å². The normalized spacial score (nSPS) is 14.2. The largest absolute Gasteiger partial charge is 0.461 e. The first-order valence-corrected chi connectivity index (χ1v) is 5.08. The number of carbonyl (C=O) groups excluding carboxylic acids is 2. The van der Waals surface area contributed by atoms with E-state index in [2.05, 4.69) is 16.9 Å². The Labute approximate surface area is 88.2 Å². The van der Waals surface area contributed by atoms with Crippen molar-refractivity contribution in [1.29, 1.82) is 0 Å². The van der Waals surface area contributed by atoms with Crippen molar-refractivity contribution in [2.75, 3.05) is 6.61 Å². The van der Waals surface area contributed by atoms with Crippen LogP contribution in [0.3, 0.4) is 0 Å². The molecule has 1 rings (SSSR count). The number of amides is 2. The molecule has 1 heterocycles. The Hall–Kier alpha value is -1.52. The second-order valence-electron chi connectivity index (χ2n) is 3.23. The number of unbranched alkanes of at least 4 members (excludes halogenated alkanes) is 3. The zero-order valence-corrected chi connectivity index (χ0v) is 8.73. The zero-order valence-electron chi connectivity index (χ0n) is 8.73. The van der Waals surface area contributed by atoms with Crippen molar-refractivity contribution in [2.45, 2.75) is 32.6 Å². The Bertz CT molecular complexity index is 308. The molecule has 0 unspecified atom stereocenters. The van der Waals surface area contributed by atoms with Gasteiger partial charge in [-0.2, -0.15) is 9.98 Å². The average Bonchev–Trinajstić information content (AvgIpc) is 2.64. The second-order valence-corrected chi connectivity index (χ2v) is 3.23. The molecule has 0 bridgehead atoms. The van der Waals surface area contributed by atoms with E-state index in [0.717, 1.165) is 31.9 Å². The lowest BCUT2D eigenvalue weighted by molar-refractivity contribution is -0.135. The van der Waals surface area contributed by atoms with Crippen LogP contribution in [0.5, 0.6) is 0 Å². The number of carbonyl (C=O) groups is 2. The molecule has 0 N–H and O–H groups in total. The molecule has 0 fully saturated rings. The Balaban J connectivity index is 2.17. The van der Waals surface area contributed by atoms with Crippen LogP contribution in [-0.4, -0.2) is 30.5 Å². The summed E-state index contributed by atoms with van der Waals surface area (Å²) < 4.78 is 4.91. The number of ether oxygens (including phenoxy) is 1. The number of rotatable bonds is 6. The first-order valence-electron chi connectivity index (χ1n) is 5.08. The van der Waals surface area contributed by atoms with Crippen LogP contribution < -0.4 is 0 Å². The summed E-state index contributed by atoms with van der Waals surface area (Å²) >= 11 is 0. The van der Waals surface area contributed by atoms with Crippen LogP contribution in [0.25, 0.3) is 0 Å². The summed E-state index contributed by atoms with van der Waals surface area (Å²) in [5.41, 5.74) is -0.00417. The molecule has 0 aliphatic carbocycles. The van der Waals surface area contributed by atoms with Crippen molar-refractivity contribution in [3.05, 3.63) is 0 Å². The quantitative estimate of drug-likeness (QED) is 0.495. The van der Waals surface area contributed by atoms with Gasteiger partial charge in [0.15, 0.2) is 5.71 Å². The number of nitrogens with zero attached hydrogens (tertiary/aromatic N) is 2. The Morgan fingerprint density at radius 2 is 2.20 bits per heavy atom. The lowest BCUT2D eigenvalue weighted by Crippen LogP contribution is -2.17. The van der Waals surface area contributed by atoms with Crippen molar-refractivity contribution < 1.29 is 14.3 Å². The molecule has 15 heavy (non-hydrogen) atoms. The number of esters is 1. The van der Waals surface area contributed by atoms with Gasteiger partial charge in [-0.1, -0.05) is 26.2 Å². The summed E-state index contributed by atoms with van der Waals surface area (Å²) in [4.78, 5) is 28.5. The van der Waals surface area contributed by atoms with Gasteiger partial charge in [0.1, 0.15) is 0 Å². The van der Waals surface area contributed by atoms with Gasteiger partial charge in [0.2, 0.25) is 0 Å². The van der Waals surface area contributed by atoms with Gasteiger partial charge in [0.05, 0.1) is 12.8 Å². The summed E-state index contributed by atoms with van der Waals surface area (Å²) in [6.07, 6.45) is 5.30. The Morgan fingerprint density at radius 3 is 2.80 bits per heavy atom. The maximum atomic E-state index is 11.2. The fourth-order valence-corrected chi connectivity index (χ4v) is 1.14. The molecule has 0 aromatic heterocycles. The average molecular weight is 210 g/mol. The van der Waals surface area contributed by atoms with Gasteiger partial charge in [-0.15, -0.1) is 0 Å². The molecule has 0 aromatic carbocycles. The van der Waals surface area contributed by atoms with Gasteiger partial charge in [-0.3, -0.25) is 0 Å². The molecule has 0 radical (unpaired) electrons. The number of urea groups is 1. The first kappa shape index (κ1) is 11.6. The monoisotopic (exact) mass is 210 g/mol. The fraction of sp³-hybridized carbons (Fsp3) is 0.600. The highest BCUT2D eigenvalue weighted by Crippen LogP contribution is 2.00. The predicted octanol–water partition coefficient (Wildman–Crippen LogP) is 1.76. The SMILES string of the molecule is CCCCCCOC(=O)C1=NC(=O)N=C1. The molecular formula is C10H14N2O3. The third-order valence-electron chi connectivity index (χ3n) is 1.95. The van der Waals surface area contributed by atoms with Gasteiger partial charge in [-0.25, -0.2) is 9.59 Å². The minimum Gasteiger partial charge on any atom is -0.461 e. The van der Waals surface area contributed by atoms with Gasteiger partial charge in [-0.05, 0) is 6.42 Å². The summed E-state index contributed by atoms with van der Waals surface area (Å²) in [6, 6.07) is -0.645. The van der Waals surface area contributed by atoms with Crippen LogP contribution in [0, 0.1) is 0 Å². The van der Waals surface area contributed by atoms with Crippen LogP contribution in [0.1, 0.15) is 32.6 Å².